The third kappa shape index (κ3) is 3.96. The SMILES string of the molecule is COc1ccc2c(CC(=O)Nc3cccc(S(=O)(=O)N(C)C)c3)coc2c1. The van der Waals surface area contributed by atoms with Gasteiger partial charge in [-0.3, -0.25) is 4.79 Å². The number of methoxy groups -OCH3 is 1. The van der Waals surface area contributed by atoms with Crippen LogP contribution in [0.15, 0.2) is 58.0 Å². The van der Waals surface area contributed by atoms with Crippen LogP contribution >= 0.6 is 0 Å². The van der Waals surface area contributed by atoms with Gasteiger partial charge in [-0.05, 0) is 30.3 Å². The van der Waals surface area contributed by atoms with Crippen LogP contribution < -0.4 is 10.1 Å². The summed E-state index contributed by atoms with van der Waals surface area (Å²) in [6.07, 6.45) is 1.64. The molecule has 142 valence electrons. The molecule has 8 heteroatoms. The Hall–Kier alpha value is -2.84. The largest absolute Gasteiger partial charge is 0.497 e. The molecule has 0 radical (unpaired) electrons. The van der Waals surface area contributed by atoms with E-state index in [1.54, 1.807) is 31.4 Å². The van der Waals surface area contributed by atoms with E-state index < -0.39 is 10.0 Å². The fourth-order valence-corrected chi connectivity index (χ4v) is 3.60. The van der Waals surface area contributed by atoms with Gasteiger partial charge in [-0.2, -0.15) is 0 Å². The average Bonchev–Trinajstić information content (AvgIpc) is 3.03. The predicted molar refractivity (Wildman–Crippen MR) is 102 cm³/mol. The van der Waals surface area contributed by atoms with E-state index in [1.165, 1.54) is 32.5 Å². The Balaban J connectivity index is 1.77. The minimum atomic E-state index is -3.57. The summed E-state index contributed by atoms with van der Waals surface area (Å²) in [7, 11) is 0.923. The molecule has 1 heterocycles. The Bertz CT molecular complexity index is 1090. The van der Waals surface area contributed by atoms with Gasteiger partial charge in [0, 0.05) is 36.8 Å². The molecule has 0 aliphatic carbocycles. The van der Waals surface area contributed by atoms with Crippen LogP contribution in [0.25, 0.3) is 11.0 Å². The van der Waals surface area contributed by atoms with Gasteiger partial charge in [-0.15, -0.1) is 0 Å². The molecule has 27 heavy (non-hydrogen) atoms. The number of nitrogens with zero attached hydrogens (tertiary/aromatic N) is 1. The number of fused-ring (bicyclic) bond motifs is 1. The molecule has 7 nitrogen and oxygen atoms in total. The van der Waals surface area contributed by atoms with Gasteiger partial charge in [0.1, 0.15) is 11.3 Å². The molecule has 0 unspecified atom stereocenters. The molecule has 0 aliphatic heterocycles. The van der Waals surface area contributed by atoms with Gasteiger partial charge in [0.15, 0.2) is 0 Å². The Morgan fingerprint density at radius 1 is 1.19 bits per heavy atom. The van der Waals surface area contributed by atoms with Crippen molar-refractivity contribution in [2.45, 2.75) is 11.3 Å². The number of ether oxygens (including phenoxy) is 1. The van der Waals surface area contributed by atoms with Gasteiger partial charge in [0.2, 0.25) is 15.9 Å². The van der Waals surface area contributed by atoms with Crippen LogP contribution in [0.3, 0.4) is 0 Å². The zero-order chi connectivity index (χ0) is 19.6. The van der Waals surface area contributed by atoms with Crippen LogP contribution in [0, 0.1) is 0 Å². The maximum Gasteiger partial charge on any atom is 0.242 e. The smallest absolute Gasteiger partial charge is 0.242 e. The molecule has 0 saturated heterocycles. The third-order valence-electron chi connectivity index (χ3n) is 4.11. The lowest BCUT2D eigenvalue weighted by atomic mass is 10.1. The van der Waals surface area contributed by atoms with E-state index in [1.807, 2.05) is 6.07 Å². The first-order chi connectivity index (χ1) is 12.8. The fourth-order valence-electron chi connectivity index (χ4n) is 2.65. The molecule has 0 atom stereocenters. The zero-order valence-electron chi connectivity index (χ0n) is 15.2. The summed E-state index contributed by atoms with van der Waals surface area (Å²) in [6.45, 7) is 0. The van der Waals surface area contributed by atoms with Gasteiger partial charge in [-0.25, -0.2) is 12.7 Å². The zero-order valence-corrected chi connectivity index (χ0v) is 16.0. The second-order valence-electron chi connectivity index (χ2n) is 6.16. The Labute approximate surface area is 157 Å². The number of benzene rings is 2. The Morgan fingerprint density at radius 2 is 1.96 bits per heavy atom. The first-order valence-electron chi connectivity index (χ1n) is 8.18. The number of carbonyl (C=O) groups excluding carboxylic acids is 1. The van der Waals surface area contributed by atoms with Crippen LogP contribution in [0.2, 0.25) is 0 Å². The summed E-state index contributed by atoms with van der Waals surface area (Å²) in [5, 5.41) is 3.56. The van der Waals surface area contributed by atoms with E-state index in [4.69, 9.17) is 9.15 Å². The third-order valence-corrected chi connectivity index (χ3v) is 5.92. The highest BCUT2D eigenvalue weighted by Crippen LogP contribution is 2.26. The van der Waals surface area contributed by atoms with Crippen LogP contribution in [-0.4, -0.2) is 39.8 Å². The predicted octanol–water partition coefficient (Wildman–Crippen LogP) is 2.87. The van der Waals surface area contributed by atoms with Gasteiger partial charge in [0.05, 0.1) is 24.7 Å². The molecule has 0 spiro atoms. The van der Waals surface area contributed by atoms with Crippen molar-refractivity contribution in [1.82, 2.24) is 4.31 Å². The fraction of sp³-hybridized carbons (Fsp3) is 0.211. The minimum absolute atomic E-state index is 0.101. The number of carbonyl (C=O) groups is 1. The molecule has 1 N–H and O–H groups in total. The normalized spacial score (nSPS) is 11.7. The van der Waals surface area contributed by atoms with Crippen molar-refractivity contribution in [1.29, 1.82) is 0 Å². The molecule has 1 aromatic heterocycles. The van der Waals surface area contributed by atoms with Crippen molar-refractivity contribution in [2.24, 2.45) is 0 Å². The highest BCUT2D eigenvalue weighted by Gasteiger charge is 2.18. The second-order valence-corrected chi connectivity index (χ2v) is 8.32. The summed E-state index contributed by atoms with van der Waals surface area (Å²) in [6, 6.07) is 11.6. The molecule has 2 aromatic carbocycles. The van der Waals surface area contributed by atoms with Crippen molar-refractivity contribution in [3.63, 3.8) is 0 Å². The van der Waals surface area contributed by atoms with Crippen molar-refractivity contribution < 1.29 is 22.4 Å². The number of amides is 1. The topological polar surface area (TPSA) is 88.8 Å². The number of anilines is 1. The highest BCUT2D eigenvalue weighted by atomic mass is 32.2. The summed E-state index contributed by atoms with van der Waals surface area (Å²) < 4.78 is 36.2. The quantitative estimate of drug-likeness (QED) is 0.701. The number of hydrogen-bond acceptors (Lipinski definition) is 5. The van der Waals surface area contributed by atoms with E-state index in [0.29, 0.717) is 17.0 Å². The van der Waals surface area contributed by atoms with Crippen molar-refractivity contribution in [2.75, 3.05) is 26.5 Å². The van der Waals surface area contributed by atoms with Crippen LogP contribution in [0.5, 0.6) is 5.75 Å². The summed E-state index contributed by atoms with van der Waals surface area (Å²) in [4.78, 5) is 12.5. The van der Waals surface area contributed by atoms with Crippen LogP contribution in [0.4, 0.5) is 5.69 Å². The first kappa shape index (κ1) is 18.9. The van der Waals surface area contributed by atoms with Gasteiger partial charge < -0.3 is 14.5 Å². The van der Waals surface area contributed by atoms with Crippen molar-refractivity contribution in [3.8, 4) is 5.75 Å². The maximum atomic E-state index is 12.4. The van der Waals surface area contributed by atoms with Gasteiger partial charge in [0.25, 0.3) is 0 Å². The van der Waals surface area contributed by atoms with Crippen LogP contribution in [-0.2, 0) is 21.2 Å². The van der Waals surface area contributed by atoms with Crippen molar-refractivity contribution in [3.05, 3.63) is 54.3 Å². The molecular weight excluding hydrogens is 368 g/mol. The molecule has 0 saturated carbocycles. The lowest BCUT2D eigenvalue weighted by Crippen LogP contribution is -2.22. The molecule has 0 bridgehead atoms. The average molecular weight is 388 g/mol. The van der Waals surface area contributed by atoms with Crippen molar-refractivity contribution >= 4 is 32.6 Å². The number of sulfonamides is 1. The summed E-state index contributed by atoms with van der Waals surface area (Å²) in [5.41, 5.74) is 1.79. The molecule has 3 rings (SSSR count). The molecule has 1 amide bonds. The number of rotatable bonds is 6. The summed E-state index contributed by atoms with van der Waals surface area (Å²) in [5.74, 6) is 0.402. The lowest BCUT2D eigenvalue weighted by Gasteiger charge is -2.12. The monoisotopic (exact) mass is 388 g/mol. The van der Waals surface area contributed by atoms with E-state index >= 15 is 0 Å². The number of furan rings is 1. The van der Waals surface area contributed by atoms with Gasteiger partial charge in [-0.1, -0.05) is 6.07 Å². The maximum absolute atomic E-state index is 12.4. The van der Waals surface area contributed by atoms with E-state index in [2.05, 4.69) is 5.32 Å². The lowest BCUT2D eigenvalue weighted by molar-refractivity contribution is -0.115. The standard InChI is InChI=1S/C19H20N2O5S/c1-21(2)27(23,24)16-6-4-5-14(10-16)20-19(22)9-13-12-26-18-11-15(25-3)7-8-17(13)18/h4-8,10-12H,9H2,1-3H3,(H,20,22). The second kappa shape index (κ2) is 7.42. The van der Waals surface area contributed by atoms with E-state index in [0.717, 1.165) is 15.3 Å². The van der Waals surface area contributed by atoms with Gasteiger partial charge >= 0.3 is 0 Å². The number of nitrogens with one attached hydrogen (secondary N) is 1. The van der Waals surface area contributed by atoms with E-state index in [-0.39, 0.29) is 17.2 Å². The summed E-state index contributed by atoms with van der Waals surface area (Å²) >= 11 is 0. The first-order valence-corrected chi connectivity index (χ1v) is 9.62. The molecule has 3 aromatic rings. The van der Waals surface area contributed by atoms with E-state index in [9.17, 15) is 13.2 Å². The Kier molecular flexibility index (Phi) is 5.20. The highest BCUT2D eigenvalue weighted by molar-refractivity contribution is 7.89. The number of hydrogen-bond donors (Lipinski definition) is 1. The molecular formula is C19H20N2O5S. The molecule has 0 fully saturated rings. The Morgan fingerprint density at radius 3 is 2.67 bits per heavy atom. The minimum Gasteiger partial charge on any atom is -0.497 e. The molecule has 0 aliphatic rings. The van der Waals surface area contributed by atoms with Crippen LogP contribution in [0.1, 0.15) is 5.56 Å².